The summed E-state index contributed by atoms with van der Waals surface area (Å²) < 4.78 is 0. The average Bonchev–Trinajstić information content (AvgIpc) is 3.16. The van der Waals surface area contributed by atoms with E-state index in [-0.39, 0.29) is 24.4 Å². The number of carbonyl (C=O) groups is 2. The number of hydrogen-bond donors (Lipinski definition) is 2. The lowest BCUT2D eigenvalue weighted by molar-refractivity contribution is -0.182. The number of benzene rings is 1. The lowest BCUT2D eigenvalue weighted by atomic mass is 9.92. The van der Waals surface area contributed by atoms with Crippen molar-refractivity contribution in [2.45, 2.75) is 58.6 Å². The van der Waals surface area contributed by atoms with Crippen molar-refractivity contribution < 1.29 is 14.4 Å². The molecule has 0 aliphatic heterocycles. The molecular formula is C20H31N3O3. The quantitative estimate of drug-likeness (QED) is 0.470. The molecule has 0 unspecified atom stereocenters. The summed E-state index contributed by atoms with van der Waals surface area (Å²) in [6, 6.07) is 9.83. The first kappa shape index (κ1) is 20.4. The molecule has 1 fully saturated rings. The third kappa shape index (κ3) is 7.14. The van der Waals surface area contributed by atoms with Gasteiger partial charge in [0.1, 0.15) is 6.61 Å². The summed E-state index contributed by atoms with van der Waals surface area (Å²) in [4.78, 5) is 29.6. The van der Waals surface area contributed by atoms with E-state index in [0.29, 0.717) is 18.9 Å². The van der Waals surface area contributed by atoms with Crippen LogP contribution in [0.2, 0.25) is 0 Å². The van der Waals surface area contributed by atoms with E-state index >= 15 is 0 Å². The van der Waals surface area contributed by atoms with Gasteiger partial charge in [0.25, 0.3) is 0 Å². The van der Waals surface area contributed by atoms with Crippen LogP contribution in [0, 0.1) is 11.8 Å². The molecule has 1 aliphatic carbocycles. The molecule has 0 bridgehead atoms. The number of hydrogen-bond acceptors (Lipinski definition) is 4. The molecule has 0 heterocycles. The van der Waals surface area contributed by atoms with Gasteiger partial charge in [0.05, 0.1) is 12.5 Å². The van der Waals surface area contributed by atoms with Gasteiger partial charge in [-0.1, -0.05) is 56.0 Å². The van der Waals surface area contributed by atoms with E-state index in [4.69, 9.17) is 4.84 Å². The Morgan fingerprint density at radius 2 is 1.96 bits per heavy atom. The Kier molecular flexibility index (Phi) is 8.58. The molecule has 0 spiro atoms. The van der Waals surface area contributed by atoms with Crippen LogP contribution in [0.5, 0.6) is 0 Å². The molecule has 0 aromatic heterocycles. The average molecular weight is 361 g/mol. The first-order chi connectivity index (χ1) is 12.6. The first-order valence-corrected chi connectivity index (χ1v) is 9.52. The van der Waals surface area contributed by atoms with Crippen LogP contribution in [0.3, 0.4) is 0 Å². The Hall–Kier alpha value is -1.92. The van der Waals surface area contributed by atoms with E-state index in [1.165, 1.54) is 17.9 Å². The van der Waals surface area contributed by atoms with Gasteiger partial charge in [-0.2, -0.15) is 0 Å². The van der Waals surface area contributed by atoms with Gasteiger partial charge in [-0.25, -0.2) is 10.5 Å². The molecule has 144 valence electrons. The summed E-state index contributed by atoms with van der Waals surface area (Å²) in [5.74, 6) is 0.179. The molecule has 1 aromatic rings. The highest BCUT2D eigenvalue weighted by molar-refractivity contribution is 5.78. The molecule has 2 rings (SSSR count). The largest absolute Gasteiger partial charge is 0.291 e. The Bertz CT molecular complexity index is 544. The molecule has 2 amide bonds. The van der Waals surface area contributed by atoms with E-state index in [9.17, 15) is 9.59 Å². The summed E-state index contributed by atoms with van der Waals surface area (Å²) in [5.41, 5.74) is 6.71. The molecule has 0 radical (unpaired) electrons. The van der Waals surface area contributed by atoms with E-state index < -0.39 is 0 Å². The maximum atomic E-state index is 12.6. The van der Waals surface area contributed by atoms with Crippen LogP contribution in [0.25, 0.3) is 0 Å². The van der Waals surface area contributed by atoms with E-state index in [1.807, 2.05) is 44.2 Å². The fourth-order valence-corrected chi connectivity index (χ4v) is 3.31. The zero-order valence-corrected chi connectivity index (χ0v) is 15.8. The highest BCUT2D eigenvalue weighted by atomic mass is 16.7. The normalized spacial score (nSPS) is 15.8. The van der Waals surface area contributed by atoms with Gasteiger partial charge in [0.2, 0.25) is 12.3 Å². The van der Waals surface area contributed by atoms with Crippen LogP contribution in [-0.2, 0) is 21.0 Å². The van der Waals surface area contributed by atoms with E-state index in [2.05, 4.69) is 10.9 Å². The van der Waals surface area contributed by atoms with Gasteiger partial charge in [0, 0.05) is 6.04 Å². The van der Waals surface area contributed by atoms with Crippen molar-refractivity contribution in [2.24, 2.45) is 11.8 Å². The lowest BCUT2D eigenvalue weighted by Gasteiger charge is -2.25. The van der Waals surface area contributed by atoms with Crippen molar-refractivity contribution in [3.8, 4) is 0 Å². The zero-order chi connectivity index (χ0) is 18.8. The summed E-state index contributed by atoms with van der Waals surface area (Å²) in [7, 11) is 0. The Morgan fingerprint density at radius 1 is 1.27 bits per heavy atom. The third-order valence-corrected chi connectivity index (χ3v) is 4.71. The van der Waals surface area contributed by atoms with Gasteiger partial charge in [-0.15, -0.1) is 0 Å². The van der Waals surface area contributed by atoms with Gasteiger partial charge in [-0.05, 0) is 31.7 Å². The number of amides is 2. The second-order valence-electron chi connectivity index (χ2n) is 7.34. The molecular weight excluding hydrogens is 330 g/mol. The molecule has 2 N–H and O–H groups in total. The first-order valence-electron chi connectivity index (χ1n) is 9.52. The van der Waals surface area contributed by atoms with Crippen molar-refractivity contribution in [3.05, 3.63) is 35.9 Å². The highest BCUT2D eigenvalue weighted by Gasteiger charge is 2.27. The molecule has 1 saturated carbocycles. The zero-order valence-electron chi connectivity index (χ0n) is 15.8. The van der Waals surface area contributed by atoms with Gasteiger partial charge >= 0.3 is 0 Å². The summed E-state index contributed by atoms with van der Waals surface area (Å²) in [6.07, 6.45) is 6.22. The van der Waals surface area contributed by atoms with Crippen LogP contribution in [0.4, 0.5) is 0 Å². The third-order valence-electron chi connectivity index (χ3n) is 4.71. The Balaban J connectivity index is 1.92. The van der Waals surface area contributed by atoms with Crippen LogP contribution in [0.1, 0.15) is 51.5 Å². The SMILES string of the molecule is CC(C)NNC(=O)[C@H](CC1CCCC1)CN(C=O)OCc1ccccc1. The van der Waals surface area contributed by atoms with Crippen LogP contribution < -0.4 is 10.9 Å². The van der Waals surface area contributed by atoms with Gasteiger partial charge in [-0.3, -0.25) is 19.9 Å². The molecule has 6 nitrogen and oxygen atoms in total. The molecule has 6 heteroatoms. The molecule has 1 atom stereocenters. The number of rotatable bonds is 11. The van der Waals surface area contributed by atoms with Gasteiger partial charge in [0.15, 0.2) is 0 Å². The highest BCUT2D eigenvalue weighted by Crippen LogP contribution is 2.30. The number of nitrogens with one attached hydrogen (secondary N) is 2. The lowest BCUT2D eigenvalue weighted by Crippen LogP contribution is -2.47. The summed E-state index contributed by atoms with van der Waals surface area (Å²) in [6.45, 7) is 4.50. The summed E-state index contributed by atoms with van der Waals surface area (Å²) in [5, 5.41) is 1.25. The number of nitrogens with zero attached hydrogens (tertiary/aromatic N) is 1. The van der Waals surface area contributed by atoms with Crippen molar-refractivity contribution in [3.63, 3.8) is 0 Å². The predicted molar refractivity (Wildman–Crippen MR) is 100 cm³/mol. The minimum Gasteiger partial charge on any atom is -0.291 e. The smallest absolute Gasteiger partial charge is 0.239 e. The molecule has 0 saturated heterocycles. The number of carbonyl (C=O) groups excluding carboxylic acids is 2. The second-order valence-corrected chi connectivity index (χ2v) is 7.34. The number of hydrazine groups is 1. The molecule has 1 aromatic carbocycles. The number of hydroxylamine groups is 2. The van der Waals surface area contributed by atoms with Crippen molar-refractivity contribution in [1.29, 1.82) is 0 Å². The van der Waals surface area contributed by atoms with Crippen molar-refractivity contribution in [1.82, 2.24) is 15.9 Å². The van der Waals surface area contributed by atoms with Crippen molar-refractivity contribution in [2.75, 3.05) is 6.54 Å². The minimum atomic E-state index is -0.287. The molecule has 1 aliphatic rings. The van der Waals surface area contributed by atoms with E-state index in [0.717, 1.165) is 24.8 Å². The standard InChI is InChI=1S/C20H31N3O3/c1-16(2)21-22-20(25)19(12-17-8-6-7-9-17)13-23(15-24)26-14-18-10-4-3-5-11-18/h3-5,10-11,15-17,19,21H,6-9,12-14H2,1-2H3,(H,22,25)/t19-/m1/s1. The Labute approximate surface area is 156 Å². The predicted octanol–water partition coefficient (Wildman–Crippen LogP) is 2.80. The maximum absolute atomic E-state index is 12.6. The maximum Gasteiger partial charge on any atom is 0.239 e. The molecule has 26 heavy (non-hydrogen) atoms. The van der Waals surface area contributed by atoms with Gasteiger partial charge < -0.3 is 0 Å². The topological polar surface area (TPSA) is 70.7 Å². The minimum absolute atomic E-state index is 0.0826. The second kappa shape index (κ2) is 10.9. The summed E-state index contributed by atoms with van der Waals surface area (Å²) >= 11 is 0. The van der Waals surface area contributed by atoms with E-state index in [1.54, 1.807) is 0 Å². The fraction of sp³-hybridized carbons (Fsp3) is 0.600. The van der Waals surface area contributed by atoms with Crippen LogP contribution in [-0.4, -0.2) is 30.0 Å². The van der Waals surface area contributed by atoms with Crippen molar-refractivity contribution >= 4 is 12.3 Å². The monoisotopic (exact) mass is 361 g/mol. The van der Waals surface area contributed by atoms with Crippen LogP contribution in [0.15, 0.2) is 30.3 Å². The van der Waals surface area contributed by atoms with Crippen LogP contribution >= 0.6 is 0 Å². The Morgan fingerprint density at radius 3 is 2.58 bits per heavy atom. The fourth-order valence-electron chi connectivity index (χ4n) is 3.31.